The van der Waals surface area contributed by atoms with Gasteiger partial charge < -0.3 is 10.1 Å². The SMILES string of the molecule is CC(C)OCCNCCOC(F)(F)F. The highest BCUT2D eigenvalue weighted by Gasteiger charge is 2.28. The summed E-state index contributed by atoms with van der Waals surface area (Å²) in [5, 5.41) is 2.76. The molecule has 0 aliphatic heterocycles. The fraction of sp³-hybridized carbons (Fsp3) is 1.00. The molecule has 86 valence electrons. The van der Waals surface area contributed by atoms with Crippen molar-refractivity contribution in [2.45, 2.75) is 26.3 Å². The van der Waals surface area contributed by atoms with Gasteiger partial charge in [-0.1, -0.05) is 0 Å². The van der Waals surface area contributed by atoms with Gasteiger partial charge in [-0.2, -0.15) is 0 Å². The lowest BCUT2D eigenvalue weighted by Crippen LogP contribution is -2.27. The molecule has 0 aliphatic rings. The summed E-state index contributed by atoms with van der Waals surface area (Å²) < 4.78 is 43.1. The van der Waals surface area contributed by atoms with Crippen LogP contribution in [-0.2, 0) is 9.47 Å². The molecule has 14 heavy (non-hydrogen) atoms. The minimum Gasteiger partial charge on any atom is -0.377 e. The van der Waals surface area contributed by atoms with Crippen LogP contribution in [0.2, 0.25) is 0 Å². The molecule has 0 rings (SSSR count). The van der Waals surface area contributed by atoms with E-state index in [9.17, 15) is 13.2 Å². The summed E-state index contributed by atoms with van der Waals surface area (Å²) in [5.41, 5.74) is 0. The lowest BCUT2D eigenvalue weighted by molar-refractivity contribution is -0.323. The standard InChI is InChI=1S/C8H16F3NO2/c1-7(2)13-5-3-12-4-6-14-8(9,10)11/h7,12H,3-6H2,1-2H3. The molecule has 0 aromatic heterocycles. The van der Waals surface area contributed by atoms with Crippen LogP contribution in [0.3, 0.4) is 0 Å². The summed E-state index contributed by atoms with van der Waals surface area (Å²) in [5.74, 6) is 0. The third-order valence-electron chi connectivity index (χ3n) is 1.27. The van der Waals surface area contributed by atoms with E-state index in [0.29, 0.717) is 13.2 Å². The summed E-state index contributed by atoms with van der Waals surface area (Å²) >= 11 is 0. The van der Waals surface area contributed by atoms with Crippen LogP contribution in [0.4, 0.5) is 13.2 Å². The smallest absolute Gasteiger partial charge is 0.377 e. The van der Waals surface area contributed by atoms with E-state index < -0.39 is 6.36 Å². The first-order valence-electron chi connectivity index (χ1n) is 4.45. The Morgan fingerprint density at radius 2 is 1.71 bits per heavy atom. The van der Waals surface area contributed by atoms with E-state index in [2.05, 4.69) is 10.1 Å². The molecule has 0 saturated carbocycles. The minimum absolute atomic E-state index is 0.142. The first-order valence-corrected chi connectivity index (χ1v) is 4.45. The summed E-state index contributed by atoms with van der Waals surface area (Å²) in [7, 11) is 0. The molecule has 0 aromatic carbocycles. The number of nitrogens with one attached hydrogen (secondary N) is 1. The predicted molar refractivity (Wildman–Crippen MR) is 46.0 cm³/mol. The second kappa shape index (κ2) is 7.03. The maximum absolute atomic E-state index is 11.5. The van der Waals surface area contributed by atoms with E-state index >= 15 is 0 Å². The predicted octanol–water partition coefficient (Wildman–Crippen LogP) is 1.54. The number of halogens is 3. The molecule has 0 aliphatic carbocycles. The molecule has 3 nitrogen and oxygen atoms in total. The van der Waals surface area contributed by atoms with Crippen LogP contribution >= 0.6 is 0 Å². The highest BCUT2D eigenvalue weighted by atomic mass is 19.4. The molecule has 0 fully saturated rings. The Labute approximate surface area is 81.6 Å². The molecule has 0 aromatic rings. The van der Waals surface area contributed by atoms with E-state index in [4.69, 9.17) is 4.74 Å². The lowest BCUT2D eigenvalue weighted by Gasteiger charge is -2.09. The summed E-state index contributed by atoms with van der Waals surface area (Å²) in [4.78, 5) is 0. The quantitative estimate of drug-likeness (QED) is 0.653. The van der Waals surface area contributed by atoms with Gasteiger partial charge in [0.25, 0.3) is 0 Å². The number of hydrogen-bond donors (Lipinski definition) is 1. The van der Waals surface area contributed by atoms with Crippen molar-refractivity contribution in [2.24, 2.45) is 0 Å². The van der Waals surface area contributed by atoms with Crippen LogP contribution in [0.1, 0.15) is 13.8 Å². The van der Waals surface area contributed by atoms with E-state index in [-0.39, 0.29) is 19.3 Å². The van der Waals surface area contributed by atoms with Crippen molar-refractivity contribution in [3.63, 3.8) is 0 Å². The molecule has 1 N–H and O–H groups in total. The van der Waals surface area contributed by atoms with Gasteiger partial charge in [0.2, 0.25) is 0 Å². The monoisotopic (exact) mass is 215 g/mol. The van der Waals surface area contributed by atoms with Crippen molar-refractivity contribution in [3.8, 4) is 0 Å². The van der Waals surface area contributed by atoms with Gasteiger partial charge in [0.15, 0.2) is 0 Å². The normalized spacial score (nSPS) is 12.4. The second-order valence-corrected chi connectivity index (χ2v) is 2.96. The lowest BCUT2D eigenvalue weighted by atomic mass is 10.5. The van der Waals surface area contributed by atoms with Gasteiger partial charge in [-0.3, -0.25) is 4.74 Å². The van der Waals surface area contributed by atoms with Crippen LogP contribution in [0.15, 0.2) is 0 Å². The number of ether oxygens (including phenoxy) is 2. The van der Waals surface area contributed by atoms with Crippen LogP contribution in [-0.4, -0.2) is 38.8 Å². The molecule has 6 heteroatoms. The van der Waals surface area contributed by atoms with E-state index in [1.807, 2.05) is 13.8 Å². The van der Waals surface area contributed by atoms with Crippen molar-refractivity contribution >= 4 is 0 Å². The maximum Gasteiger partial charge on any atom is 0.522 e. The Kier molecular flexibility index (Phi) is 6.86. The van der Waals surface area contributed by atoms with Gasteiger partial charge in [-0.25, -0.2) is 0 Å². The zero-order valence-corrected chi connectivity index (χ0v) is 8.36. The topological polar surface area (TPSA) is 30.5 Å². The summed E-state index contributed by atoms with van der Waals surface area (Å²) in [6.45, 7) is 4.61. The second-order valence-electron chi connectivity index (χ2n) is 2.96. The van der Waals surface area contributed by atoms with Crippen LogP contribution in [0.25, 0.3) is 0 Å². The molecule has 0 amide bonds. The molecular formula is C8H16F3NO2. The van der Waals surface area contributed by atoms with Gasteiger partial charge in [-0.15, -0.1) is 13.2 Å². The largest absolute Gasteiger partial charge is 0.522 e. The average molecular weight is 215 g/mol. The zero-order chi connectivity index (χ0) is 11.0. The average Bonchev–Trinajstić information content (AvgIpc) is 2.00. The molecular weight excluding hydrogens is 199 g/mol. The van der Waals surface area contributed by atoms with Gasteiger partial charge >= 0.3 is 6.36 Å². The van der Waals surface area contributed by atoms with Crippen LogP contribution < -0.4 is 5.32 Å². The van der Waals surface area contributed by atoms with Crippen molar-refractivity contribution in [3.05, 3.63) is 0 Å². The summed E-state index contributed by atoms with van der Waals surface area (Å²) in [6.07, 6.45) is -4.39. The Morgan fingerprint density at radius 3 is 2.21 bits per heavy atom. The van der Waals surface area contributed by atoms with Gasteiger partial charge in [0, 0.05) is 13.1 Å². The maximum atomic E-state index is 11.5. The Morgan fingerprint density at radius 1 is 1.14 bits per heavy atom. The number of alkyl halides is 3. The fourth-order valence-electron chi connectivity index (χ4n) is 0.731. The third kappa shape index (κ3) is 11.7. The number of rotatable bonds is 7. The van der Waals surface area contributed by atoms with Gasteiger partial charge in [-0.05, 0) is 13.8 Å². The first-order chi connectivity index (χ1) is 6.42. The fourth-order valence-corrected chi connectivity index (χ4v) is 0.731. The van der Waals surface area contributed by atoms with Crippen LogP contribution in [0.5, 0.6) is 0 Å². The Balaban J connectivity index is 3.07. The highest BCUT2D eigenvalue weighted by Crippen LogP contribution is 2.14. The molecule has 0 unspecified atom stereocenters. The molecule has 0 bridgehead atoms. The third-order valence-corrected chi connectivity index (χ3v) is 1.27. The molecule has 0 spiro atoms. The first kappa shape index (κ1) is 13.7. The molecule has 0 radical (unpaired) electrons. The highest BCUT2D eigenvalue weighted by molar-refractivity contribution is 4.46. The van der Waals surface area contributed by atoms with Gasteiger partial charge in [0.05, 0.1) is 19.3 Å². The molecule has 0 atom stereocenters. The van der Waals surface area contributed by atoms with Crippen molar-refractivity contribution < 1.29 is 22.6 Å². The minimum atomic E-state index is -4.53. The van der Waals surface area contributed by atoms with E-state index in [1.165, 1.54) is 0 Å². The van der Waals surface area contributed by atoms with Crippen molar-refractivity contribution in [1.82, 2.24) is 5.32 Å². The summed E-state index contributed by atoms with van der Waals surface area (Å²) in [6, 6.07) is 0. The molecule has 0 saturated heterocycles. The molecule has 0 heterocycles. The van der Waals surface area contributed by atoms with Crippen molar-refractivity contribution in [2.75, 3.05) is 26.3 Å². The van der Waals surface area contributed by atoms with Gasteiger partial charge in [0.1, 0.15) is 0 Å². The Hall–Kier alpha value is -0.330. The van der Waals surface area contributed by atoms with Crippen molar-refractivity contribution in [1.29, 1.82) is 0 Å². The zero-order valence-electron chi connectivity index (χ0n) is 8.36. The van der Waals surface area contributed by atoms with E-state index in [0.717, 1.165) is 0 Å². The van der Waals surface area contributed by atoms with E-state index in [1.54, 1.807) is 0 Å². The number of hydrogen-bond acceptors (Lipinski definition) is 3. The Bertz CT molecular complexity index is 139. The van der Waals surface area contributed by atoms with Crippen LogP contribution in [0, 0.1) is 0 Å².